The zero-order valence-corrected chi connectivity index (χ0v) is 12.8. The Morgan fingerprint density at radius 1 is 1.20 bits per heavy atom. The molecule has 20 heavy (non-hydrogen) atoms. The van der Waals surface area contributed by atoms with E-state index in [1.165, 1.54) is 11.2 Å². The van der Waals surface area contributed by atoms with E-state index in [4.69, 9.17) is 5.11 Å². The predicted octanol–water partition coefficient (Wildman–Crippen LogP) is 0.0259. The standard InChI is InChI=1S/C12H22N2O5S/c1-8(2)11(15)13-10-4-6-14(7-5-10)20(18,19)9(3)12(16)17/h8-10H,4-7H2,1-3H3,(H,13,15)(H,16,17). The number of sulfonamides is 1. The summed E-state index contributed by atoms with van der Waals surface area (Å²) in [5.41, 5.74) is 0. The second-order valence-corrected chi connectivity index (χ2v) is 7.62. The third-order valence-electron chi connectivity index (χ3n) is 3.48. The lowest BCUT2D eigenvalue weighted by molar-refractivity contribution is -0.136. The number of nitrogens with one attached hydrogen (secondary N) is 1. The maximum atomic E-state index is 12.0. The molecule has 1 aliphatic heterocycles. The lowest BCUT2D eigenvalue weighted by Crippen LogP contribution is -2.50. The average Bonchev–Trinajstić information content (AvgIpc) is 2.38. The molecule has 0 spiro atoms. The van der Waals surface area contributed by atoms with Crippen molar-refractivity contribution >= 4 is 21.9 Å². The first-order valence-corrected chi connectivity index (χ1v) is 8.18. The molecular formula is C12H22N2O5S. The maximum absolute atomic E-state index is 12.0. The number of carbonyl (C=O) groups is 2. The van der Waals surface area contributed by atoms with E-state index in [9.17, 15) is 18.0 Å². The molecule has 1 atom stereocenters. The SMILES string of the molecule is CC(C)C(=O)NC1CCN(S(=O)(=O)C(C)C(=O)O)CC1. The number of aliphatic carboxylic acids is 1. The van der Waals surface area contributed by atoms with Gasteiger partial charge in [-0.2, -0.15) is 0 Å². The normalized spacial score (nSPS) is 19.8. The van der Waals surface area contributed by atoms with E-state index in [0.29, 0.717) is 12.8 Å². The molecule has 0 aliphatic carbocycles. The van der Waals surface area contributed by atoms with Crippen LogP contribution in [0.5, 0.6) is 0 Å². The van der Waals surface area contributed by atoms with Crippen molar-refractivity contribution in [1.82, 2.24) is 9.62 Å². The van der Waals surface area contributed by atoms with Crippen LogP contribution >= 0.6 is 0 Å². The zero-order chi connectivity index (χ0) is 15.5. The Balaban J connectivity index is 2.58. The minimum absolute atomic E-state index is 0.0449. The van der Waals surface area contributed by atoms with Crippen LogP contribution in [0.1, 0.15) is 33.6 Å². The Morgan fingerprint density at radius 3 is 2.10 bits per heavy atom. The lowest BCUT2D eigenvalue weighted by Gasteiger charge is -2.32. The summed E-state index contributed by atoms with van der Waals surface area (Å²) in [5, 5.41) is 10.2. The van der Waals surface area contributed by atoms with Gasteiger partial charge in [0.2, 0.25) is 15.9 Å². The van der Waals surface area contributed by atoms with Gasteiger partial charge in [0.05, 0.1) is 0 Å². The number of hydrogen-bond acceptors (Lipinski definition) is 4. The van der Waals surface area contributed by atoms with E-state index in [0.717, 1.165) is 0 Å². The Labute approximate surface area is 119 Å². The number of carbonyl (C=O) groups excluding carboxylic acids is 1. The fourth-order valence-electron chi connectivity index (χ4n) is 1.97. The van der Waals surface area contributed by atoms with Crippen LogP contribution in [-0.2, 0) is 19.6 Å². The summed E-state index contributed by atoms with van der Waals surface area (Å²) < 4.78 is 25.2. The van der Waals surface area contributed by atoms with Crippen molar-refractivity contribution in [2.45, 2.75) is 44.9 Å². The van der Waals surface area contributed by atoms with Gasteiger partial charge >= 0.3 is 5.97 Å². The molecule has 2 N–H and O–H groups in total. The molecule has 8 heteroatoms. The molecule has 1 saturated heterocycles. The molecule has 0 radical (unpaired) electrons. The largest absolute Gasteiger partial charge is 0.480 e. The van der Waals surface area contributed by atoms with Crippen LogP contribution in [0.25, 0.3) is 0 Å². The van der Waals surface area contributed by atoms with Gasteiger partial charge in [0.1, 0.15) is 0 Å². The van der Waals surface area contributed by atoms with Crippen LogP contribution < -0.4 is 5.32 Å². The minimum Gasteiger partial charge on any atom is -0.480 e. The van der Waals surface area contributed by atoms with E-state index in [1.807, 2.05) is 0 Å². The van der Waals surface area contributed by atoms with Crippen molar-refractivity contribution in [3.05, 3.63) is 0 Å². The van der Waals surface area contributed by atoms with Gasteiger partial charge in [-0.25, -0.2) is 12.7 Å². The highest BCUT2D eigenvalue weighted by Crippen LogP contribution is 2.18. The number of amides is 1. The molecule has 1 fully saturated rings. The van der Waals surface area contributed by atoms with Gasteiger partial charge in [0.25, 0.3) is 0 Å². The highest BCUT2D eigenvalue weighted by molar-refractivity contribution is 7.90. The van der Waals surface area contributed by atoms with Gasteiger partial charge in [0.15, 0.2) is 5.25 Å². The van der Waals surface area contributed by atoms with Crippen LogP contribution in [0.2, 0.25) is 0 Å². The summed E-state index contributed by atoms with van der Waals surface area (Å²) in [6.45, 7) is 5.24. The highest BCUT2D eigenvalue weighted by atomic mass is 32.2. The molecule has 1 aliphatic rings. The van der Waals surface area contributed by atoms with Gasteiger partial charge in [-0.05, 0) is 19.8 Å². The third-order valence-corrected chi connectivity index (χ3v) is 5.66. The van der Waals surface area contributed by atoms with E-state index >= 15 is 0 Å². The highest BCUT2D eigenvalue weighted by Gasteiger charge is 2.36. The molecular weight excluding hydrogens is 284 g/mol. The first kappa shape index (κ1) is 16.9. The summed E-state index contributed by atoms with van der Waals surface area (Å²) in [4.78, 5) is 22.4. The Hall–Kier alpha value is -1.15. The van der Waals surface area contributed by atoms with Gasteiger partial charge in [-0.1, -0.05) is 13.8 Å². The molecule has 1 rings (SSSR count). The smallest absolute Gasteiger partial charge is 0.323 e. The predicted molar refractivity (Wildman–Crippen MR) is 73.6 cm³/mol. The molecule has 0 bridgehead atoms. The monoisotopic (exact) mass is 306 g/mol. The molecule has 1 amide bonds. The number of piperidine rings is 1. The van der Waals surface area contributed by atoms with Gasteiger partial charge < -0.3 is 10.4 Å². The minimum atomic E-state index is -3.81. The van der Waals surface area contributed by atoms with Crippen molar-refractivity contribution in [2.24, 2.45) is 5.92 Å². The van der Waals surface area contributed by atoms with Gasteiger partial charge in [0, 0.05) is 25.0 Å². The zero-order valence-electron chi connectivity index (χ0n) is 12.0. The van der Waals surface area contributed by atoms with Gasteiger partial charge in [-0.3, -0.25) is 9.59 Å². The van der Waals surface area contributed by atoms with Crippen molar-refractivity contribution < 1.29 is 23.1 Å². The van der Waals surface area contributed by atoms with Gasteiger partial charge in [-0.15, -0.1) is 0 Å². The van der Waals surface area contributed by atoms with E-state index in [2.05, 4.69) is 5.32 Å². The number of carboxylic acids is 1. The molecule has 0 saturated carbocycles. The molecule has 0 aromatic carbocycles. The summed E-state index contributed by atoms with van der Waals surface area (Å²) in [5.74, 6) is -1.51. The Morgan fingerprint density at radius 2 is 1.70 bits per heavy atom. The second-order valence-electron chi connectivity index (χ2n) is 5.36. The molecule has 116 valence electrons. The molecule has 0 aromatic rings. The van der Waals surface area contributed by atoms with Crippen LogP contribution in [-0.4, -0.2) is 54.1 Å². The van der Waals surface area contributed by atoms with Crippen molar-refractivity contribution in [1.29, 1.82) is 0 Å². The summed E-state index contributed by atoms with van der Waals surface area (Å²) in [6.07, 6.45) is 1.01. The number of rotatable bonds is 5. The first-order valence-electron chi connectivity index (χ1n) is 6.68. The number of hydrogen-bond donors (Lipinski definition) is 2. The Bertz CT molecular complexity index is 466. The summed E-state index contributed by atoms with van der Waals surface area (Å²) >= 11 is 0. The van der Waals surface area contributed by atoms with E-state index < -0.39 is 21.2 Å². The molecule has 1 unspecified atom stereocenters. The topological polar surface area (TPSA) is 104 Å². The number of nitrogens with zero attached hydrogens (tertiary/aromatic N) is 1. The third kappa shape index (κ3) is 3.92. The molecule has 0 aromatic heterocycles. The number of carboxylic acid groups (broad SMARTS) is 1. The second kappa shape index (κ2) is 6.53. The maximum Gasteiger partial charge on any atom is 0.323 e. The van der Waals surface area contributed by atoms with Crippen LogP contribution in [0.15, 0.2) is 0 Å². The van der Waals surface area contributed by atoms with E-state index in [1.54, 1.807) is 13.8 Å². The van der Waals surface area contributed by atoms with Crippen LogP contribution in [0, 0.1) is 5.92 Å². The van der Waals surface area contributed by atoms with Crippen molar-refractivity contribution in [3.63, 3.8) is 0 Å². The molecule has 7 nitrogen and oxygen atoms in total. The average molecular weight is 306 g/mol. The lowest BCUT2D eigenvalue weighted by atomic mass is 10.1. The van der Waals surface area contributed by atoms with Crippen LogP contribution in [0.4, 0.5) is 0 Å². The summed E-state index contributed by atoms with van der Waals surface area (Å²) in [6, 6.07) is -0.0449. The fraction of sp³-hybridized carbons (Fsp3) is 0.833. The van der Waals surface area contributed by atoms with Crippen molar-refractivity contribution in [2.75, 3.05) is 13.1 Å². The molecule has 1 heterocycles. The quantitative estimate of drug-likeness (QED) is 0.745. The van der Waals surface area contributed by atoms with Crippen LogP contribution in [0.3, 0.4) is 0 Å². The first-order chi connectivity index (χ1) is 9.16. The van der Waals surface area contributed by atoms with Crippen molar-refractivity contribution in [3.8, 4) is 0 Å². The summed E-state index contributed by atoms with van der Waals surface area (Å²) in [7, 11) is -3.81. The Kier molecular flexibility index (Phi) is 5.52. The van der Waals surface area contributed by atoms with E-state index in [-0.39, 0.29) is 31.0 Å². The fourth-order valence-corrected chi connectivity index (χ4v) is 3.40.